The molecule has 3 N–H and O–H groups in total. The molecule has 0 bridgehead atoms. The molecule has 4 fully saturated rings. The highest BCUT2D eigenvalue weighted by molar-refractivity contribution is 6.07. The number of piperazine rings is 1. The van der Waals surface area contributed by atoms with Crippen LogP contribution in [-0.2, 0) is 4.79 Å². The Morgan fingerprint density at radius 3 is 2.07 bits per heavy atom. The Balaban J connectivity index is 0.715. The van der Waals surface area contributed by atoms with Crippen LogP contribution in [0.25, 0.3) is 11.3 Å². The van der Waals surface area contributed by atoms with Crippen LogP contribution in [0.1, 0.15) is 50.1 Å². The molecule has 14 heteroatoms. The molecule has 0 atom stereocenters. The molecule has 14 nitrogen and oxygen atoms in total. The summed E-state index contributed by atoms with van der Waals surface area (Å²) in [6.45, 7) is 12.0. The molecule has 4 aromatic rings. The molecule has 0 radical (unpaired) electrons. The number of hydrogen-bond donors (Lipinski definition) is 3. The Bertz CT molecular complexity index is 2080. The number of ether oxygens (including phenoxy) is 1. The van der Waals surface area contributed by atoms with Gasteiger partial charge >= 0.3 is 6.03 Å². The topological polar surface area (TPSA) is 129 Å². The van der Waals surface area contributed by atoms with Gasteiger partial charge in [-0.1, -0.05) is 18.2 Å². The third-order valence-electron chi connectivity index (χ3n) is 12.9. The fraction of sp³-hybridized carbons (Fsp3) is 0.467. The number of urea groups is 1. The summed E-state index contributed by atoms with van der Waals surface area (Å²) in [5.74, 6) is 2.84. The minimum absolute atomic E-state index is 0.210. The molecule has 9 rings (SSSR count). The first-order valence-electron chi connectivity index (χ1n) is 21.5. The van der Waals surface area contributed by atoms with E-state index >= 15 is 0 Å². The Kier molecular flexibility index (Phi) is 11.5. The molecule has 59 heavy (non-hydrogen) atoms. The van der Waals surface area contributed by atoms with Gasteiger partial charge < -0.3 is 29.7 Å². The van der Waals surface area contributed by atoms with Gasteiger partial charge in [0.05, 0.1) is 18.3 Å². The molecule has 0 aliphatic carbocycles. The van der Waals surface area contributed by atoms with Gasteiger partial charge in [0.2, 0.25) is 5.91 Å². The van der Waals surface area contributed by atoms with Crippen molar-refractivity contribution < 1.29 is 14.3 Å². The van der Waals surface area contributed by atoms with Gasteiger partial charge in [0.1, 0.15) is 28.8 Å². The Hall–Kier alpha value is -5.44. The number of nitrogens with one attached hydrogen (secondary N) is 3. The molecule has 4 saturated heterocycles. The Morgan fingerprint density at radius 1 is 0.729 bits per heavy atom. The number of benzene rings is 3. The predicted octanol–water partition coefficient (Wildman–Crippen LogP) is 5.74. The number of likely N-dealkylation sites (tertiary alicyclic amines) is 2. The fourth-order valence-corrected chi connectivity index (χ4v) is 9.47. The zero-order valence-electron chi connectivity index (χ0n) is 34.2. The Morgan fingerprint density at radius 2 is 1.37 bits per heavy atom. The molecule has 310 valence electrons. The van der Waals surface area contributed by atoms with Gasteiger partial charge in [0.15, 0.2) is 0 Å². The monoisotopic (exact) mass is 799 g/mol. The van der Waals surface area contributed by atoms with Crippen molar-refractivity contribution >= 4 is 35.0 Å². The van der Waals surface area contributed by atoms with Crippen LogP contribution >= 0.6 is 0 Å². The van der Waals surface area contributed by atoms with Crippen LogP contribution in [0.3, 0.4) is 0 Å². The lowest BCUT2D eigenvalue weighted by Crippen LogP contribution is -2.49. The number of para-hydroxylation sites is 1. The molecule has 5 aliphatic rings. The minimum atomic E-state index is -0.341. The molecule has 3 aromatic carbocycles. The van der Waals surface area contributed by atoms with Crippen molar-refractivity contribution in [1.82, 2.24) is 34.7 Å². The van der Waals surface area contributed by atoms with Crippen molar-refractivity contribution in [3.05, 3.63) is 84.4 Å². The second-order valence-corrected chi connectivity index (χ2v) is 16.6. The molecule has 6 heterocycles. The van der Waals surface area contributed by atoms with Crippen LogP contribution < -0.4 is 25.2 Å². The van der Waals surface area contributed by atoms with Crippen LogP contribution in [0, 0.1) is 5.41 Å². The van der Waals surface area contributed by atoms with E-state index in [1.54, 1.807) is 4.90 Å². The molecule has 1 aromatic heterocycles. The second-order valence-electron chi connectivity index (χ2n) is 16.6. The van der Waals surface area contributed by atoms with Crippen LogP contribution in [0.4, 0.5) is 22.0 Å². The van der Waals surface area contributed by atoms with Crippen LogP contribution in [0.15, 0.2) is 78.9 Å². The van der Waals surface area contributed by atoms with Crippen molar-refractivity contribution in [3.8, 4) is 22.8 Å². The van der Waals surface area contributed by atoms with E-state index in [0.29, 0.717) is 37.6 Å². The van der Waals surface area contributed by atoms with E-state index in [2.05, 4.69) is 59.2 Å². The summed E-state index contributed by atoms with van der Waals surface area (Å²) in [4.78, 5) is 37.8. The fourth-order valence-electron chi connectivity index (χ4n) is 9.47. The van der Waals surface area contributed by atoms with Crippen molar-refractivity contribution in [1.29, 1.82) is 5.41 Å². The highest BCUT2D eigenvalue weighted by atomic mass is 16.5. The third kappa shape index (κ3) is 8.66. The quantitative estimate of drug-likeness (QED) is 0.173. The van der Waals surface area contributed by atoms with Crippen LogP contribution in [-0.4, -0.2) is 139 Å². The maximum absolute atomic E-state index is 12.2. The number of anilines is 3. The molecule has 0 saturated carbocycles. The first-order valence-corrected chi connectivity index (χ1v) is 21.5. The lowest BCUT2D eigenvalue weighted by Gasteiger charge is -2.42. The smallest absolute Gasteiger partial charge is 0.328 e. The number of piperidine rings is 2. The highest BCUT2D eigenvalue weighted by Crippen LogP contribution is 2.38. The first-order chi connectivity index (χ1) is 28.9. The Labute approximate surface area is 347 Å². The number of hydrogen-bond acceptors (Lipinski definition) is 10. The van der Waals surface area contributed by atoms with E-state index in [0.717, 1.165) is 98.5 Å². The minimum Gasteiger partial charge on any atom is -0.457 e. The number of fused-ring (bicyclic) bond motifs is 1. The summed E-state index contributed by atoms with van der Waals surface area (Å²) in [5, 5.41) is 20.2. The summed E-state index contributed by atoms with van der Waals surface area (Å²) in [7, 11) is 1.96. The van der Waals surface area contributed by atoms with Crippen molar-refractivity contribution in [2.45, 2.75) is 50.6 Å². The highest BCUT2D eigenvalue weighted by Gasteiger charge is 2.34. The maximum Gasteiger partial charge on any atom is 0.328 e. The molecule has 3 amide bonds. The number of carbonyl (C=O) groups excluding carboxylic acids is 2. The summed E-state index contributed by atoms with van der Waals surface area (Å²) in [5.41, 5.74) is 4.72. The molecule has 0 spiro atoms. The third-order valence-corrected chi connectivity index (χ3v) is 12.9. The summed E-state index contributed by atoms with van der Waals surface area (Å²) in [6.07, 6.45) is 6.12. The normalized spacial score (nSPS) is 20.4. The van der Waals surface area contributed by atoms with Crippen LogP contribution in [0.5, 0.6) is 11.5 Å². The maximum atomic E-state index is 12.2. The average molecular weight is 800 g/mol. The van der Waals surface area contributed by atoms with E-state index < -0.39 is 0 Å². The lowest BCUT2D eigenvalue weighted by molar-refractivity contribution is -0.120. The van der Waals surface area contributed by atoms with Gasteiger partial charge in [0.25, 0.3) is 0 Å². The van der Waals surface area contributed by atoms with Crippen molar-refractivity contribution in [2.24, 2.45) is 0 Å². The predicted molar refractivity (Wildman–Crippen MR) is 232 cm³/mol. The number of carbonyl (C=O) groups is 2. The molecule has 0 unspecified atom stereocenters. The molecule has 5 aliphatic heterocycles. The van der Waals surface area contributed by atoms with Crippen molar-refractivity contribution in [3.63, 3.8) is 0 Å². The van der Waals surface area contributed by atoms with Gasteiger partial charge in [-0.25, -0.2) is 9.48 Å². The largest absolute Gasteiger partial charge is 0.457 e. The zero-order chi connectivity index (χ0) is 40.3. The molecular formula is C45H57N11O3. The van der Waals surface area contributed by atoms with Gasteiger partial charge in [-0.3, -0.25) is 25.3 Å². The van der Waals surface area contributed by atoms with Gasteiger partial charge in [0, 0.05) is 82.3 Å². The van der Waals surface area contributed by atoms with Gasteiger partial charge in [-0.2, -0.15) is 5.10 Å². The number of imide groups is 1. The van der Waals surface area contributed by atoms with E-state index in [4.69, 9.17) is 15.2 Å². The summed E-state index contributed by atoms with van der Waals surface area (Å²) in [6, 6.07) is 26.7. The molecular weight excluding hydrogens is 743 g/mol. The van der Waals surface area contributed by atoms with E-state index in [-0.39, 0.29) is 11.9 Å². The van der Waals surface area contributed by atoms with Gasteiger partial charge in [-0.05, 0) is 119 Å². The zero-order valence-corrected chi connectivity index (χ0v) is 34.2. The van der Waals surface area contributed by atoms with Crippen LogP contribution in [0.2, 0.25) is 0 Å². The number of nitrogens with zero attached hydrogens (tertiary/aromatic N) is 8. The van der Waals surface area contributed by atoms with E-state index in [1.807, 2.05) is 66.5 Å². The number of amides is 3. The van der Waals surface area contributed by atoms with E-state index in [9.17, 15) is 9.59 Å². The summed E-state index contributed by atoms with van der Waals surface area (Å²) < 4.78 is 8.24. The average Bonchev–Trinajstić information content (AvgIpc) is 3.67. The SMILES string of the molecule is CN1CNc2c(c(-c3ccc(Oc4ccccc4)cc3)nn2C2CCN(C3CCN(CCCN4CCN(c5ccc(N6CCC(=O)NC6=O)cc5)CC4)CC3)CC2)C1=N. The lowest BCUT2D eigenvalue weighted by atomic mass is 9.97. The summed E-state index contributed by atoms with van der Waals surface area (Å²) >= 11 is 0. The van der Waals surface area contributed by atoms with Gasteiger partial charge in [-0.15, -0.1) is 0 Å². The van der Waals surface area contributed by atoms with Crippen molar-refractivity contribution in [2.75, 3.05) is 101 Å². The number of aromatic nitrogens is 2. The first kappa shape index (κ1) is 39.0. The number of rotatable bonds is 11. The second kappa shape index (κ2) is 17.4. The number of amidine groups is 1. The van der Waals surface area contributed by atoms with E-state index in [1.165, 1.54) is 44.6 Å². The standard InChI is InChI=1S/C45H57N11O3/c1-50-32-47-44-41(43(50)46)42(33-8-14-39(15-9-33)59-38-6-3-2-4-7-38)49-56(44)37-18-25-53(26-19-37)35-16-23-51(24-17-35)21-5-22-52-28-30-54(31-29-52)34-10-12-36(13-11-34)55-27-20-40(57)48-45(55)58/h2-4,6-15,35,37,46-47H,5,16-32H2,1H3,(H,48,57,58).